The number of hydrogen-bond acceptors (Lipinski definition) is 4. The molecule has 0 unspecified atom stereocenters. The minimum Gasteiger partial charge on any atom is -0.353 e. The largest absolute Gasteiger partial charge is 0.353 e. The summed E-state index contributed by atoms with van der Waals surface area (Å²) < 4.78 is 0. The second-order valence-electron chi connectivity index (χ2n) is 6.47. The van der Waals surface area contributed by atoms with Crippen LogP contribution in [0, 0.1) is 25.2 Å². The normalized spacial score (nSPS) is 15.4. The molecule has 23 heavy (non-hydrogen) atoms. The van der Waals surface area contributed by atoms with Gasteiger partial charge in [-0.25, -0.2) is 0 Å². The zero-order valence-corrected chi connectivity index (χ0v) is 14.1. The molecule has 2 aromatic rings. The van der Waals surface area contributed by atoms with Gasteiger partial charge in [0.2, 0.25) is 5.69 Å². The Balaban J connectivity index is 1.97. The van der Waals surface area contributed by atoms with Gasteiger partial charge in [0.05, 0.1) is 5.69 Å². The fraction of sp³-hybridized carbons (Fsp3) is 0.500. The highest BCUT2D eigenvalue weighted by Gasteiger charge is 2.24. The van der Waals surface area contributed by atoms with E-state index in [0.717, 1.165) is 29.7 Å². The summed E-state index contributed by atoms with van der Waals surface area (Å²) >= 11 is 0. The van der Waals surface area contributed by atoms with Gasteiger partial charge in [-0.3, -0.25) is 0 Å². The lowest BCUT2D eigenvalue weighted by molar-refractivity contribution is 0.425. The number of aromatic nitrogens is 3. The van der Waals surface area contributed by atoms with Crippen molar-refractivity contribution in [2.24, 2.45) is 0 Å². The van der Waals surface area contributed by atoms with Crippen LogP contribution in [0.25, 0.3) is 5.69 Å². The molecule has 0 N–H and O–H groups in total. The third-order valence-electron chi connectivity index (χ3n) is 4.74. The highest BCUT2D eigenvalue weighted by atomic mass is 15.5. The van der Waals surface area contributed by atoms with E-state index in [4.69, 9.17) is 0 Å². The topological polar surface area (TPSA) is 57.7 Å². The van der Waals surface area contributed by atoms with E-state index in [1.165, 1.54) is 19.3 Å². The van der Waals surface area contributed by atoms with Gasteiger partial charge in [-0.1, -0.05) is 31.4 Å². The minimum absolute atomic E-state index is 0.402. The van der Waals surface area contributed by atoms with Crippen molar-refractivity contribution < 1.29 is 0 Å². The summed E-state index contributed by atoms with van der Waals surface area (Å²) in [5.41, 5.74) is 3.59. The van der Waals surface area contributed by atoms with Gasteiger partial charge < -0.3 is 4.90 Å². The Hall–Kier alpha value is -2.35. The summed E-state index contributed by atoms with van der Waals surface area (Å²) in [6.07, 6.45) is 6.14. The first-order valence-corrected chi connectivity index (χ1v) is 8.28. The smallest absolute Gasteiger partial charge is 0.207 e. The molecule has 1 aromatic carbocycles. The van der Waals surface area contributed by atoms with Crippen molar-refractivity contribution in [3.05, 3.63) is 35.0 Å². The van der Waals surface area contributed by atoms with E-state index in [9.17, 15) is 5.26 Å². The van der Waals surface area contributed by atoms with Crippen LogP contribution in [0.4, 0.5) is 5.82 Å². The van der Waals surface area contributed by atoms with Crippen molar-refractivity contribution in [3.63, 3.8) is 0 Å². The Bertz CT molecular complexity index is 734. The molecule has 0 atom stereocenters. The molecular formula is C18H23N5. The van der Waals surface area contributed by atoms with Crippen molar-refractivity contribution in [1.82, 2.24) is 15.0 Å². The van der Waals surface area contributed by atoms with Crippen LogP contribution in [-0.2, 0) is 0 Å². The zero-order valence-electron chi connectivity index (χ0n) is 14.1. The summed E-state index contributed by atoms with van der Waals surface area (Å²) in [6, 6.07) is 8.85. The van der Waals surface area contributed by atoms with E-state index in [1.54, 1.807) is 4.80 Å². The first kappa shape index (κ1) is 15.5. The van der Waals surface area contributed by atoms with E-state index in [-0.39, 0.29) is 0 Å². The summed E-state index contributed by atoms with van der Waals surface area (Å²) in [5.74, 6) is 0.695. The number of nitriles is 1. The lowest BCUT2D eigenvalue weighted by Crippen LogP contribution is -2.34. The van der Waals surface area contributed by atoms with Gasteiger partial charge in [0.1, 0.15) is 6.07 Å². The molecule has 0 amide bonds. The lowest BCUT2D eigenvalue weighted by Gasteiger charge is -2.31. The van der Waals surface area contributed by atoms with E-state index >= 15 is 0 Å². The van der Waals surface area contributed by atoms with Gasteiger partial charge in [-0.2, -0.15) is 5.26 Å². The average Bonchev–Trinajstić information content (AvgIpc) is 3.01. The molecule has 0 saturated heterocycles. The SMILES string of the molecule is Cc1ccc(C)c(-n2nc(C#N)c(N(C)C3CCCCC3)n2)c1. The zero-order chi connectivity index (χ0) is 16.4. The molecule has 1 aliphatic carbocycles. The van der Waals surface area contributed by atoms with Crippen LogP contribution in [0.2, 0.25) is 0 Å². The molecule has 0 aliphatic heterocycles. The van der Waals surface area contributed by atoms with E-state index in [1.807, 2.05) is 20.9 Å². The van der Waals surface area contributed by atoms with E-state index in [0.29, 0.717) is 17.6 Å². The molecule has 1 heterocycles. The van der Waals surface area contributed by atoms with Crippen molar-refractivity contribution in [3.8, 4) is 11.8 Å². The van der Waals surface area contributed by atoms with Crippen LogP contribution in [0.15, 0.2) is 18.2 Å². The van der Waals surface area contributed by atoms with Gasteiger partial charge in [-0.15, -0.1) is 15.0 Å². The Kier molecular flexibility index (Phi) is 4.33. The molecule has 0 spiro atoms. The molecule has 1 fully saturated rings. The maximum Gasteiger partial charge on any atom is 0.207 e. The van der Waals surface area contributed by atoms with E-state index < -0.39 is 0 Å². The number of nitrogens with zero attached hydrogens (tertiary/aromatic N) is 5. The maximum atomic E-state index is 9.46. The number of hydrogen-bond donors (Lipinski definition) is 0. The first-order valence-electron chi connectivity index (χ1n) is 8.28. The Morgan fingerprint density at radius 1 is 1.17 bits per heavy atom. The Morgan fingerprint density at radius 3 is 2.61 bits per heavy atom. The molecule has 120 valence electrons. The third-order valence-corrected chi connectivity index (χ3v) is 4.74. The van der Waals surface area contributed by atoms with Crippen LogP contribution >= 0.6 is 0 Å². The van der Waals surface area contributed by atoms with Gasteiger partial charge in [0.25, 0.3) is 0 Å². The van der Waals surface area contributed by atoms with Gasteiger partial charge >= 0.3 is 0 Å². The second-order valence-corrected chi connectivity index (χ2v) is 6.47. The van der Waals surface area contributed by atoms with Crippen molar-refractivity contribution in [2.75, 3.05) is 11.9 Å². The third kappa shape index (κ3) is 3.07. The second kappa shape index (κ2) is 6.41. The standard InChI is InChI=1S/C18H23N5/c1-13-9-10-14(2)17(11-13)23-20-16(12-19)18(21-23)22(3)15-7-5-4-6-8-15/h9-11,15H,4-8H2,1-3H3. The molecule has 5 heteroatoms. The summed E-state index contributed by atoms with van der Waals surface area (Å²) in [6.45, 7) is 4.08. The molecule has 0 bridgehead atoms. The number of benzene rings is 1. The number of aryl methyl sites for hydroxylation is 2. The summed E-state index contributed by atoms with van der Waals surface area (Å²) in [7, 11) is 2.04. The van der Waals surface area contributed by atoms with Gasteiger partial charge in [0, 0.05) is 13.1 Å². The predicted octanol–water partition coefficient (Wildman–Crippen LogP) is 3.52. The van der Waals surface area contributed by atoms with Crippen molar-refractivity contribution in [1.29, 1.82) is 5.26 Å². The summed E-state index contributed by atoms with van der Waals surface area (Å²) in [5, 5.41) is 18.5. The van der Waals surface area contributed by atoms with Gasteiger partial charge in [0.15, 0.2) is 5.82 Å². The highest BCUT2D eigenvalue weighted by molar-refractivity contribution is 5.51. The Labute approximate surface area is 137 Å². The average molecular weight is 309 g/mol. The predicted molar refractivity (Wildman–Crippen MR) is 90.8 cm³/mol. The molecular weight excluding hydrogens is 286 g/mol. The van der Waals surface area contributed by atoms with Crippen molar-refractivity contribution in [2.45, 2.75) is 52.0 Å². The van der Waals surface area contributed by atoms with Crippen LogP contribution in [-0.4, -0.2) is 28.1 Å². The monoisotopic (exact) mass is 309 g/mol. The molecule has 1 saturated carbocycles. The van der Waals surface area contributed by atoms with Crippen LogP contribution < -0.4 is 4.90 Å². The van der Waals surface area contributed by atoms with Crippen molar-refractivity contribution >= 4 is 5.82 Å². The molecule has 5 nitrogen and oxygen atoms in total. The molecule has 1 aliphatic rings. The quantitative estimate of drug-likeness (QED) is 0.870. The summed E-state index contributed by atoms with van der Waals surface area (Å²) in [4.78, 5) is 3.75. The maximum absolute atomic E-state index is 9.46. The first-order chi connectivity index (χ1) is 11.1. The van der Waals surface area contributed by atoms with Crippen LogP contribution in [0.1, 0.15) is 48.9 Å². The highest BCUT2D eigenvalue weighted by Crippen LogP contribution is 2.27. The van der Waals surface area contributed by atoms with E-state index in [2.05, 4.69) is 39.4 Å². The van der Waals surface area contributed by atoms with Gasteiger partial charge in [-0.05, 0) is 43.9 Å². The fourth-order valence-electron chi connectivity index (χ4n) is 3.29. The fourth-order valence-corrected chi connectivity index (χ4v) is 3.29. The van der Waals surface area contributed by atoms with Crippen LogP contribution in [0.3, 0.4) is 0 Å². The van der Waals surface area contributed by atoms with Crippen LogP contribution in [0.5, 0.6) is 0 Å². The molecule has 3 rings (SSSR count). The molecule has 0 radical (unpaired) electrons. The molecule has 1 aromatic heterocycles. The number of anilines is 1. The number of rotatable bonds is 3. The lowest BCUT2D eigenvalue weighted by atomic mass is 9.94. The Morgan fingerprint density at radius 2 is 1.91 bits per heavy atom. The minimum atomic E-state index is 0.402.